The predicted octanol–water partition coefficient (Wildman–Crippen LogP) is 5.69. The van der Waals surface area contributed by atoms with Crippen LogP contribution in [-0.2, 0) is 22.6 Å². The first-order valence-corrected chi connectivity index (χ1v) is 13.4. The lowest BCUT2D eigenvalue weighted by Gasteiger charge is -2.16. The van der Waals surface area contributed by atoms with Crippen LogP contribution in [0.5, 0.6) is 23.0 Å². The Morgan fingerprint density at radius 1 is 1.03 bits per heavy atom. The molecule has 0 spiro atoms. The molecule has 0 unspecified atom stereocenters. The third kappa shape index (κ3) is 5.98. The smallest absolute Gasteiger partial charge is 0.306 e. The molecule has 2 heterocycles. The topological polar surface area (TPSA) is 92.3 Å². The standard InChI is InChI=1S/C27H29ClFNO7S/c1-4-35-23(32)7-6-18(31)22-11-16-21(38-22)12-20(34-3)27(25(16)29)37-9-5-8-36-26-19(33-2)10-15-13-30-14-17(15)24(26)28/h10-12,30H,4-9,13-14H2,1-3H3. The largest absolute Gasteiger partial charge is 0.493 e. The first kappa shape index (κ1) is 27.9. The molecule has 0 aliphatic carbocycles. The Hall–Kier alpha value is -3.08. The van der Waals surface area contributed by atoms with E-state index in [-0.39, 0.29) is 55.3 Å². The number of rotatable bonds is 13. The summed E-state index contributed by atoms with van der Waals surface area (Å²) < 4.78 is 43.3. The van der Waals surface area contributed by atoms with Crippen molar-refractivity contribution in [3.63, 3.8) is 0 Å². The van der Waals surface area contributed by atoms with Gasteiger partial charge in [-0.3, -0.25) is 9.59 Å². The van der Waals surface area contributed by atoms with E-state index in [9.17, 15) is 9.59 Å². The highest BCUT2D eigenvalue weighted by atomic mass is 35.5. The highest BCUT2D eigenvalue weighted by molar-refractivity contribution is 7.20. The first-order valence-electron chi connectivity index (χ1n) is 12.2. The second-order valence-electron chi connectivity index (χ2n) is 8.49. The van der Waals surface area contributed by atoms with Crippen LogP contribution in [0.15, 0.2) is 18.2 Å². The Kier molecular flexibility index (Phi) is 9.30. The monoisotopic (exact) mass is 565 g/mol. The Labute approximate surface area is 228 Å². The molecule has 0 fully saturated rings. The average Bonchev–Trinajstić information content (AvgIpc) is 3.56. The summed E-state index contributed by atoms with van der Waals surface area (Å²) in [6, 6.07) is 5.04. The number of esters is 1. The summed E-state index contributed by atoms with van der Waals surface area (Å²) in [4.78, 5) is 24.5. The second kappa shape index (κ2) is 12.6. The van der Waals surface area contributed by atoms with Crippen molar-refractivity contribution >= 4 is 44.8 Å². The molecule has 2 aromatic carbocycles. The Bertz CT molecular complexity index is 1340. The number of ketones is 1. The van der Waals surface area contributed by atoms with Crippen molar-refractivity contribution in [2.24, 2.45) is 0 Å². The summed E-state index contributed by atoms with van der Waals surface area (Å²) in [5.41, 5.74) is 2.08. The molecule has 204 valence electrons. The molecule has 0 bridgehead atoms. The van der Waals surface area contributed by atoms with Crippen LogP contribution < -0.4 is 24.3 Å². The average molecular weight is 566 g/mol. The van der Waals surface area contributed by atoms with Gasteiger partial charge in [-0.2, -0.15) is 0 Å². The zero-order chi connectivity index (χ0) is 27.2. The maximum atomic E-state index is 15.4. The SMILES string of the molecule is CCOC(=O)CCC(=O)c1cc2c(F)c(OCCCOc3c(OC)cc4c(c3Cl)CNC4)c(OC)cc2s1. The molecule has 0 saturated heterocycles. The quantitative estimate of drug-likeness (QED) is 0.161. The lowest BCUT2D eigenvalue weighted by Crippen LogP contribution is -2.08. The van der Waals surface area contributed by atoms with Gasteiger partial charge in [0.2, 0.25) is 0 Å². The van der Waals surface area contributed by atoms with Crippen LogP contribution in [0.4, 0.5) is 4.39 Å². The van der Waals surface area contributed by atoms with Gasteiger partial charge < -0.3 is 29.0 Å². The summed E-state index contributed by atoms with van der Waals surface area (Å²) in [7, 11) is 2.98. The number of halogens is 2. The van der Waals surface area contributed by atoms with E-state index in [4.69, 9.17) is 35.3 Å². The van der Waals surface area contributed by atoms with Gasteiger partial charge in [-0.15, -0.1) is 11.3 Å². The Morgan fingerprint density at radius 3 is 2.45 bits per heavy atom. The normalized spacial score (nSPS) is 12.3. The van der Waals surface area contributed by atoms with Crippen LogP contribution >= 0.6 is 22.9 Å². The van der Waals surface area contributed by atoms with Crippen molar-refractivity contribution < 1.29 is 37.7 Å². The van der Waals surface area contributed by atoms with Gasteiger partial charge in [0.25, 0.3) is 0 Å². The third-order valence-corrected chi connectivity index (χ3v) is 7.56. The van der Waals surface area contributed by atoms with Gasteiger partial charge in [-0.05, 0) is 30.2 Å². The summed E-state index contributed by atoms with van der Waals surface area (Å²) >= 11 is 7.69. The van der Waals surface area contributed by atoms with Crippen molar-refractivity contribution in [2.75, 3.05) is 34.0 Å². The highest BCUT2D eigenvalue weighted by Gasteiger charge is 2.23. The minimum Gasteiger partial charge on any atom is -0.493 e. The number of methoxy groups -OCH3 is 2. The number of thiophene rings is 1. The van der Waals surface area contributed by atoms with Crippen LogP contribution in [0.3, 0.4) is 0 Å². The van der Waals surface area contributed by atoms with Crippen molar-refractivity contribution in [3.05, 3.63) is 45.0 Å². The number of carbonyl (C=O) groups excluding carboxylic acids is 2. The molecule has 8 nitrogen and oxygen atoms in total. The van der Waals surface area contributed by atoms with Gasteiger partial charge in [0.1, 0.15) is 0 Å². The van der Waals surface area contributed by atoms with E-state index < -0.39 is 11.8 Å². The fourth-order valence-electron chi connectivity index (χ4n) is 4.16. The van der Waals surface area contributed by atoms with Crippen molar-refractivity contribution in [1.82, 2.24) is 5.32 Å². The third-order valence-electron chi connectivity index (χ3n) is 6.04. The minimum absolute atomic E-state index is 0.0106. The molecule has 11 heteroatoms. The van der Waals surface area contributed by atoms with E-state index in [0.717, 1.165) is 29.0 Å². The number of fused-ring (bicyclic) bond motifs is 2. The molecule has 1 aromatic heterocycles. The van der Waals surface area contributed by atoms with E-state index >= 15 is 4.39 Å². The van der Waals surface area contributed by atoms with Gasteiger partial charge in [-0.25, -0.2) is 4.39 Å². The van der Waals surface area contributed by atoms with Gasteiger partial charge in [-0.1, -0.05) is 11.6 Å². The van der Waals surface area contributed by atoms with Gasteiger partial charge in [0.05, 0.1) is 50.4 Å². The zero-order valence-electron chi connectivity index (χ0n) is 21.4. The number of nitrogens with one attached hydrogen (secondary N) is 1. The number of hydrogen-bond acceptors (Lipinski definition) is 9. The van der Waals surface area contributed by atoms with E-state index in [1.165, 1.54) is 13.2 Å². The first-order chi connectivity index (χ1) is 18.4. The minimum atomic E-state index is -0.614. The van der Waals surface area contributed by atoms with Gasteiger partial charge >= 0.3 is 5.97 Å². The van der Waals surface area contributed by atoms with E-state index in [0.29, 0.717) is 39.1 Å². The van der Waals surface area contributed by atoms with Crippen LogP contribution in [0.25, 0.3) is 10.1 Å². The molecule has 1 aliphatic heterocycles. The van der Waals surface area contributed by atoms with E-state index in [1.54, 1.807) is 20.1 Å². The molecule has 0 amide bonds. The molecular weight excluding hydrogens is 537 g/mol. The molecule has 0 radical (unpaired) electrons. The number of benzene rings is 2. The van der Waals surface area contributed by atoms with Crippen molar-refractivity contribution in [3.8, 4) is 23.0 Å². The van der Waals surface area contributed by atoms with Crippen molar-refractivity contribution in [1.29, 1.82) is 0 Å². The highest BCUT2D eigenvalue weighted by Crippen LogP contribution is 2.42. The molecule has 4 rings (SSSR count). The molecule has 3 aromatic rings. The van der Waals surface area contributed by atoms with Crippen LogP contribution in [0.1, 0.15) is 47.0 Å². The zero-order valence-corrected chi connectivity index (χ0v) is 23.0. The Balaban J connectivity index is 1.40. The predicted molar refractivity (Wildman–Crippen MR) is 143 cm³/mol. The number of Topliss-reactive ketones (excluding diaryl/α,β-unsaturated/α-hetero) is 1. The molecule has 1 aliphatic rings. The fraction of sp³-hybridized carbons (Fsp3) is 0.407. The summed E-state index contributed by atoms with van der Waals surface area (Å²) in [5.74, 6) is -0.0997. The molecule has 38 heavy (non-hydrogen) atoms. The maximum Gasteiger partial charge on any atom is 0.306 e. The number of carbonyl (C=O) groups is 2. The lowest BCUT2D eigenvalue weighted by atomic mass is 10.1. The lowest BCUT2D eigenvalue weighted by molar-refractivity contribution is -0.143. The molecule has 0 saturated carbocycles. The van der Waals surface area contributed by atoms with Crippen molar-refractivity contribution in [2.45, 2.75) is 39.3 Å². The van der Waals surface area contributed by atoms with E-state index in [2.05, 4.69) is 5.32 Å². The van der Waals surface area contributed by atoms with Gasteiger partial charge in [0.15, 0.2) is 34.6 Å². The second-order valence-corrected chi connectivity index (χ2v) is 9.95. The fourth-order valence-corrected chi connectivity index (χ4v) is 5.55. The van der Waals surface area contributed by atoms with Crippen LogP contribution in [-0.4, -0.2) is 45.8 Å². The van der Waals surface area contributed by atoms with Crippen LogP contribution in [0.2, 0.25) is 5.02 Å². The summed E-state index contributed by atoms with van der Waals surface area (Å²) in [6.45, 7) is 3.77. The van der Waals surface area contributed by atoms with Crippen LogP contribution in [0, 0.1) is 5.82 Å². The molecule has 1 N–H and O–H groups in total. The maximum absolute atomic E-state index is 15.4. The molecule has 0 atom stereocenters. The summed E-state index contributed by atoms with van der Waals surface area (Å²) in [5, 5.41) is 4.03. The molecular formula is C27H29ClFNO7S. The van der Waals surface area contributed by atoms with E-state index in [1.807, 2.05) is 6.07 Å². The summed E-state index contributed by atoms with van der Waals surface area (Å²) in [6.07, 6.45) is 0.405. The van der Waals surface area contributed by atoms with Gasteiger partial charge in [0, 0.05) is 42.1 Å². The Morgan fingerprint density at radius 2 is 1.74 bits per heavy atom. The number of hydrogen-bond donors (Lipinski definition) is 1. The number of ether oxygens (including phenoxy) is 5.